The molecule has 0 fully saturated rings. The van der Waals surface area contributed by atoms with E-state index in [0.29, 0.717) is 18.2 Å². The Labute approximate surface area is 116 Å². The molecule has 1 unspecified atom stereocenters. The van der Waals surface area contributed by atoms with Crippen LogP contribution in [0.4, 0.5) is 0 Å². The zero-order valence-corrected chi connectivity index (χ0v) is 11.1. The van der Waals surface area contributed by atoms with Gasteiger partial charge in [0, 0.05) is 12.3 Å². The van der Waals surface area contributed by atoms with Gasteiger partial charge in [0.2, 0.25) is 11.8 Å². The van der Waals surface area contributed by atoms with E-state index in [9.17, 15) is 4.79 Å². The van der Waals surface area contributed by atoms with Crippen molar-refractivity contribution in [2.45, 2.75) is 38.0 Å². The highest BCUT2D eigenvalue weighted by Gasteiger charge is 2.24. The number of aliphatic carboxylic acids is 1. The number of nitrogens with zero attached hydrogens (tertiary/aromatic N) is 2. The molecular weight excluding hydrogens is 256 g/mol. The second-order valence-corrected chi connectivity index (χ2v) is 5.14. The highest BCUT2D eigenvalue weighted by atomic mass is 16.4. The van der Waals surface area contributed by atoms with E-state index in [2.05, 4.69) is 28.4 Å². The van der Waals surface area contributed by atoms with Crippen LogP contribution in [-0.2, 0) is 24.1 Å². The first-order chi connectivity index (χ1) is 9.72. The standard InChI is InChI=1S/C15H16N2O3/c18-14(19)8-7-13-16-17-15(20-13)12-6-5-10-3-1-2-4-11(10)9-12/h1-4,12H,5-9H2,(H,18,19). The van der Waals surface area contributed by atoms with Crippen LogP contribution in [0.5, 0.6) is 0 Å². The Balaban J connectivity index is 1.70. The maximum atomic E-state index is 10.5. The third-order valence-electron chi connectivity index (χ3n) is 3.73. The average Bonchev–Trinajstić information content (AvgIpc) is 2.93. The zero-order valence-electron chi connectivity index (χ0n) is 11.1. The lowest BCUT2D eigenvalue weighted by Gasteiger charge is -2.21. The molecule has 20 heavy (non-hydrogen) atoms. The van der Waals surface area contributed by atoms with E-state index in [-0.39, 0.29) is 12.3 Å². The number of carboxylic acids is 1. The Bertz CT molecular complexity index is 621. The second-order valence-electron chi connectivity index (χ2n) is 5.14. The van der Waals surface area contributed by atoms with Gasteiger partial charge in [-0.05, 0) is 30.4 Å². The largest absolute Gasteiger partial charge is 0.481 e. The van der Waals surface area contributed by atoms with Crippen LogP contribution in [0, 0.1) is 0 Å². The predicted octanol–water partition coefficient (Wildman–Crippen LogP) is 2.36. The summed E-state index contributed by atoms with van der Waals surface area (Å²) in [5.74, 6) is 0.452. The topological polar surface area (TPSA) is 76.2 Å². The van der Waals surface area contributed by atoms with Gasteiger partial charge in [0.15, 0.2) is 0 Å². The average molecular weight is 272 g/mol. The van der Waals surface area contributed by atoms with Gasteiger partial charge < -0.3 is 9.52 Å². The van der Waals surface area contributed by atoms with Crippen LogP contribution in [0.2, 0.25) is 0 Å². The molecule has 1 aromatic heterocycles. The molecule has 0 spiro atoms. The van der Waals surface area contributed by atoms with Gasteiger partial charge in [-0.3, -0.25) is 4.79 Å². The van der Waals surface area contributed by atoms with E-state index in [1.165, 1.54) is 11.1 Å². The van der Waals surface area contributed by atoms with E-state index in [4.69, 9.17) is 9.52 Å². The summed E-state index contributed by atoms with van der Waals surface area (Å²) in [5.41, 5.74) is 2.74. The SMILES string of the molecule is O=C(O)CCc1nnc(C2CCc3ccccc3C2)o1. The molecule has 3 rings (SSSR count). The first kappa shape index (κ1) is 12.8. The van der Waals surface area contributed by atoms with Crippen molar-refractivity contribution < 1.29 is 14.3 Å². The predicted molar refractivity (Wildman–Crippen MR) is 71.5 cm³/mol. The Hall–Kier alpha value is -2.17. The summed E-state index contributed by atoms with van der Waals surface area (Å²) in [6.07, 6.45) is 3.25. The van der Waals surface area contributed by atoms with Crippen molar-refractivity contribution in [3.63, 3.8) is 0 Å². The maximum Gasteiger partial charge on any atom is 0.303 e. The summed E-state index contributed by atoms with van der Waals surface area (Å²) in [4.78, 5) is 10.5. The Morgan fingerprint density at radius 3 is 2.90 bits per heavy atom. The molecule has 104 valence electrons. The fourth-order valence-electron chi connectivity index (χ4n) is 2.66. The summed E-state index contributed by atoms with van der Waals surface area (Å²) in [5, 5.41) is 16.7. The van der Waals surface area contributed by atoms with Crippen molar-refractivity contribution in [1.82, 2.24) is 10.2 Å². The van der Waals surface area contributed by atoms with Crippen LogP contribution in [0.1, 0.15) is 41.7 Å². The highest BCUT2D eigenvalue weighted by Crippen LogP contribution is 2.31. The van der Waals surface area contributed by atoms with Crippen molar-refractivity contribution in [2.75, 3.05) is 0 Å². The number of hydrogen-bond donors (Lipinski definition) is 1. The quantitative estimate of drug-likeness (QED) is 0.924. The highest BCUT2D eigenvalue weighted by molar-refractivity contribution is 5.66. The molecule has 2 aromatic rings. The van der Waals surface area contributed by atoms with Crippen LogP contribution in [0.3, 0.4) is 0 Å². The van der Waals surface area contributed by atoms with Gasteiger partial charge in [-0.25, -0.2) is 0 Å². The molecule has 1 aliphatic carbocycles. The zero-order chi connectivity index (χ0) is 13.9. The molecule has 0 saturated heterocycles. The van der Waals surface area contributed by atoms with Crippen molar-refractivity contribution >= 4 is 5.97 Å². The number of rotatable bonds is 4. The number of carboxylic acid groups (broad SMARTS) is 1. The third-order valence-corrected chi connectivity index (χ3v) is 3.73. The molecule has 1 aromatic carbocycles. The smallest absolute Gasteiger partial charge is 0.303 e. The molecule has 0 bridgehead atoms. The van der Waals surface area contributed by atoms with E-state index in [0.717, 1.165) is 19.3 Å². The summed E-state index contributed by atoms with van der Waals surface area (Å²) in [6.45, 7) is 0. The van der Waals surface area contributed by atoms with Crippen molar-refractivity contribution in [3.05, 3.63) is 47.2 Å². The van der Waals surface area contributed by atoms with Crippen LogP contribution < -0.4 is 0 Å². The van der Waals surface area contributed by atoms with Gasteiger partial charge >= 0.3 is 5.97 Å². The summed E-state index contributed by atoms with van der Waals surface area (Å²) < 4.78 is 5.60. The number of hydrogen-bond acceptors (Lipinski definition) is 4. The fourth-order valence-corrected chi connectivity index (χ4v) is 2.66. The Morgan fingerprint density at radius 2 is 2.10 bits per heavy atom. The monoisotopic (exact) mass is 272 g/mol. The van der Waals surface area contributed by atoms with Crippen molar-refractivity contribution in [1.29, 1.82) is 0 Å². The number of benzene rings is 1. The second kappa shape index (κ2) is 5.45. The van der Waals surface area contributed by atoms with Crippen LogP contribution in [0.15, 0.2) is 28.7 Å². The minimum Gasteiger partial charge on any atom is -0.481 e. The Kier molecular flexibility index (Phi) is 3.50. The van der Waals surface area contributed by atoms with E-state index >= 15 is 0 Å². The molecule has 0 radical (unpaired) electrons. The summed E-state index contributed by atoms with van der Waals surface area (Å²) >= 11 is 0. The maximum absolute atomic E-state index is 10.5. The molecule has 1 atom stereocenters. The molecule has 5 heteroatoms. The van der Waals surface area contributed by atoms with Gasteiger partial charge in [0.25, 0.3) is 0 Å². The Morgan fingerprint density at radius 1 is 1.30 bits per heavy atom. The molecule has 1 N–H and O–H groups in total. The van der Waals surface area contributed by atoms with Gasteiger partial charge in [-0.15, -0.1) is 10.2 Å². The van der Waals surface area contributed by atoms with E-state index in [1.54, 1.807) is 0 Å². The summed E-state index contributed by atoms with van der Waals surface area (Å²) in [6, 6.07) is 8.42. The minimum atomic E-state index is -0.851. The number of aromatic nitrogens is 2. The molecule has 1 aliphatic rings. The van der Waals surface area contributed by atoms with Gasteiger partial charge in [0.1, 0.15) is 0 Å². The molecule has 5 nitrogen and oxygen atoms in total. The van der Waals surface area contributed by atoms with Crippen molar-refractivity contribution in [2.24, 2.45) is 0 Å². The van der Waals surface area contributed by atoms with E-state index in [1.807, 2.05) is 6.07 Å². The fraction of sp³-hybridized carbons (Fsp3) is 0.400. The lowest BCUT2D eigenvalue weighted by atomic mass is 9.84. The molecule has 1 heterocycles. The first-order valence-electron chi connectivity index (χ1n) is 6.83. The van der Waals surface area contributed by atoms with Crippen LogP contribution in [-0.4, -0.2) is 21.3 Å². The molecular formula is C15H16N2O3. The van der Waals surface area contributed by atoms with Crippen molar-refractivity contribution in [3.8, 4) is 0 Å². The number of fused-ring (bicyclic) bond motifs is 1. The number of carbonyl (C=O) groups is 1. The minimum absolute atomic E-state index is 0.0229. The molecule has 0 saturated carbocycles. The third kappa shape index (κ3) is 2.71. The molecule has 0 aliphatic heterocycles. The molecule has 0 amide bonds. The number of aryl methyl sites for hydroxylation is 2. The van der Waals surface area contributed by atoms with Gasteiger partial charge in [0.05, 0.1) is 6.42 Å². The van der Waals surface area contributed by atoms with Gasteiger partial charge in [-0.2, -0.15) is 0 Å². The van der Waals surface area contributed by atoms with Crippen LogP contribution >= 0.6 is 0 Å². The lowest BCUT2D eigenvalue weighted by Crippen LogP contribution is -2.12. The lowest BCUT2D eigenvalue weighted by molar-refractivity contribution is -0.137. The van der Waals surface area contributed by atoms with Gasteiger partial charge in [-0.1, -0.05) is 24.3 Å². The summed E-state index contributed by atoms with van der Waals surface area (Å²) in [7, 11) is 0. The van der Waals surface area contributed by atoms with Crippen LogP contribution in [0.25, 0.3) is 0 Å². The normalized spacial score (nSPS) is 17.7. The first-order valence-corrected chi connectivity index (χ1v) is 6.83. The van der Waals surface area contributed by atoms with E-state index < -0.39 is 5.97 Å².